The number of nitrogens with one attached hydrogen (secondary N) is 1. The van der Waals surface area contributed by atoms with Gasteiger partial charge >= 0.3 is 0 Å². The lowest BCUT2D eigenvalue weighted by atomic mass is 10.1. The number of non-ortho nitro benzene ring substituents is 1. The summed E-state index contributed by atoms with van der Waals surface area (Å²) in [5.74, 6) is -0.179. The van der Waals surface area contributed by atoms with E-state index in [4.69, 9.17) is 9.15 Å². The lowest BCUT2D eigenvalue weighted by Gasteiger charge is -2.14. The van der Waals surface area contributed by atoms with Gasteiger partial charge < -0.3 is 9.15 Å². The summed E-state index contributed by atoms with van der Waals surface area (Å²) in [5, 5.41) is 12.1. The van der Waals surface area contributed by atoms with Crippen molar-refractivity contribution in [3.05, 3.63) is 80.5 Å². The first-order valence-electron chi connectivity index (χ1n) is 8.92. The van der Waals surface area contributed by atoms with Crippen molar-refractivity contribution < 1.29 is 23.7 Å². The Bertz CT molecular complexity index is 1250. The molecule has 0 radical (unpaired) electrons. The SMILES string of the molecule is COc1cc([N+](=O)[O-])ccc1-c1ccc(C=C2C(=O)NN(c3cccc(Br)c3)C2=O)o1. The molecular weight excluding hydrogens is 470 g/mol. The van der Waals surface area contributed by atoms with Crippen LogP contribution in [-0.2, 0) is 9.59 Å². The number of anilines is 1. The number of furan rings is 1. The second-order valence-corrected chi connectivity index (χ2v) is 7.38. The molecule has 9 nitrogen and oxygen atoms in total. The summed E-state index contributed by atoms with van der Waals surface area (Å²) < 4.78 is 11.7. The van der Waals surface area contributed by atoms with Crippen LogP contribution in [0.2, 0.25) is 0 Å². The molecule has 0 unspecified atom stereocenters. The number of hydrazine groups is 1. The number of nitro benzene ring substituents is 1. The molecule has 31 heavy (non-hydrogen) atoms. The normalized spacial score (nSPS) is 14.8. The van der Waals surface area contributed by atoms with Gasteiger partial charge in [-0.3, -0.25) is 25.1 Å². The minimum absolute atomic E-state index is 0.0865. The van der Waals surface area contributed by atoms with Gasteiger partial charge in [0, 0.05) is 10.5 Å². The van der Waals surface area contributed by atoms with Crippen LogP contribution in [0.1, 0.15) is 5.76 Å². The van der Waals surface area contributed by atoms with Crippen LogP contribution in [0, 0.1) is 10.1 Å². The Morgan fingerprint density at radius 2 is 1.97 bits per heavy atom. The molecule has 0 atom stereocenters. The minimum Gasteiger partial charge on any atom is -0.496 e. The van der Waals surface area contributed by atoms with E-state index >= 15 is 0 Å². The van der Waals surface area contributed by atoms with Crippen molar-refractivity contribution in [3.63, 3.8) is 0 Å². The van der Waals surface area contributed by atoms with Gasteiger partial charge in [-0.25, -0.2) is 5.01 Å². The smallest absolute Gasteiger partial charge is 0.282 e. The van der Waals surface area contributed by atoms with Crippen molar-refractivity contribution in [2.24, 2.45) is 0 Å². The number of rotatable bonds is 5. The number of nitrogens with zero attached hydrogens (tertiary/aromatic N) is 2. The molecule has 10 heteroatoms. The van der Waals surface area contributed by atoms with Crippen LogP contribution in [0.4, 0.5) is 11.4 Å². The third-order valence-electron chi connectivity index (χ3n) is 4.53. The van der Waals surface area contributed by atoms with Crippen molar-refractivity contribution in [3.8, 4) is 17.1 Å². The van der Waals surface area contributed by atoms with Gasteiger partial charge in [0.2, 0.25) is 0 Å². The summed E-state index contributed by atoms with van der Waals surface area (Å²) >= 11 is 3.33. The van der Waals surface area contributed by atoms with Crippen LogP contribution in [-0.4, -0.2) is 23.8 Å². The highest BCUT2D eigenvalue weighted by Crippen LogP contribution is 2.35. The molecule has 4 rings (SSSR count). The van der Waals surface area contributed by atoms with Crippen molar-refractivity contribution in [2.45, 2.75) is 0 Å². The molecular formula is C21H14BrN3O6. The van der Waals surface area contributed by atoms with E-state index in [1.165, 1.54) is 31.4 Å². The largest absolute Gasteiger partial charge is 0.496 e. The van der Waals surface area contributed by atoms with E-state index in [0.717, 1.165) is 9.48 Å². The Morgan fingerprint density at radius 3 is 2.68 bits per heavy atom. The first-order valence-corrected chi connectivity index (χ1v) is 9.72. The molecule has 1 fully saturated rings. The zero-order valence-electron chi connectivity index (χ0n) is 16.0. The van der Waals surface area contributed by atoms with Crippen molar-refractivity contribution >= 4 is 45.2 Å². The third-order valence-corrected chi connectivity index (χ3v) is 5.03. The Morgan fingerprint density at radius 1 is 1.16 bits per heavy atom. The monoisotopic (exact) mass is 483 g/mol. The molecule has 3 aromatic rings. The number of methoxy groups -OCH3 is 1. The predicted octanol–water partition coefficient (Wildman–Crippen LogP) is 4.09. The number of nitro groups is 1. The Hall–Kier alpha value is -3.92. The average Bonchev–Trinajstić information content (AvgIpc) is 3.33. The van der Waals surface area contributed by atoms with Gasteiger partial charge in [0.25, 0.3) is 17.5 Å². The summed E-state index contributed by atoms with van der Waals surface area (Å²) in [4.78, 5) is 35.5. The molecule has 0 bridgehead atoms. The molecule has 0 aliphatic carbocycles. The average molecular weight is 484 g/mol. The lowest BCUT2D eigenvalue weighted by molar-refractivity contribution is -0.384. The van der Waals surface area contributed by atoms with Crippen molar-refractivity contribution in [2.75, 3.05) is 12.1 Å². The lowest BCUT2D eigenvalue weighted by Crippen LogP contribution is -2.35. The fourth-order valence-corrected chi connectivity index (χ4v) is 3.46. The molecule has 2 amide bonds. The van der Waals surface area contributed by atoms with E-state index in [0.29, 0.717) is 17.0 Å². The Balaban J connectivity index is 1.63. The molecule has 1 aromatic heterocycles. The summed E-state index contributed by atoms with van der Waals surface area (Å²) in [6.07, 6.45) is 1.34. The molecule has 0 saturated carbocycles. The number of carbonyl (C=O) groups is 2. The van der Waals surface area contributed by atoms with Crippen molar-refractivity contribution in [1.82, 2.24) is 5.43 Å². The van der Waals surface area contributed by atoms with E-state index in [9.17, 15) is 19.7 Å². The van der Waals surface area contributed by atoms with Crippen LogP contribution in [0.25, 0.3) is 17.4 Å². The number of benzene rings is 2. The number of ether oxygens (including phenoxy) is 1. The Kier molecular flexibility index (Phi) is 5.30. The van der Waals surface area contributed by atoms with Crippen LogP contribution in [0.15, 0.2) is 69.1 Å². The minimum atomic E-state index is -0.559. The van der Waals surface area contributed by atoms with Gasteiger partial charge in [0.05, 0.1) is 29.4 Å². The van der Waals surface area contributed by atoms with Crippen LogP contribution >= 0.6 is 15.9 Å². The molecule has 2 heterocycles. The second kappa shape index (κ2) is 8.07. The van der Waals surface area contributed by atoms with Crippen molar-refractivity contribution in [1.29, 1.82) is 0 Å². The highest BCUT2D eigenvalue weighted by Gasteiger charge is 2.34. The molecule has 1 saturated heterocycles. The van der Waals surface area contributed by atoms with Crippen LogP contribution in [0.3, 0.4) is 0 Å². The first-order chi connectivity index (χ1) is 14.9. The summed E-state index contributed by atoms with van der Waals surface area (Å²) in [6, 6.07) is 14.3. The van der Waals surface area contributed by atoms with E-state index in [2.05, 4.69) is 21.4 Å². The zero-order chi connectivity index (χ0) is 22.1. The molecule has 1 aliphatic heterocycles. The maximum atomic E-state index is 12.7. The summed E-state index contributed by atoms with van der Waals surface area (Å²) in [5.41, 5.74) is 3.32. The third kappa shape index (κ3) is 3.92. The van der Waals surface area contributed by atoms with E-state index in [-0.39, 0.29) is 22.8 Å². The fourth-order valence-electron chi connectivity index (χ4n) is 3.07. The van der Waals surface area contributed by atoms with E-state index < -0.39 is 16.7 Å². The van der Waals surface area contributed by atoms with Gasteiger partial charge in [0.15, 0.2) is 0 Å². The van der Waals surface area contributed by atoms with Gasteiger partial charge in [-0.05, 0) is 42.5 Å². The molecule has 0 spiro atoms. The number of hydrogen-bond donors (Lipinski definition) is 1. The highest BCUT2D eigenvalue weighted by molar-refractivity contribution is 9.10. The number of carbonyl (C=O) groups excluding carboxylic acids is 2. The number of amides is 2. The molecule has 2 aromatic carbocycles. The van der Waals surface area contributed by atoms with Gasteiger partial charge in [-0.1, -0.05) is 22.0 Å². The molecule has 1 aliphatic rings. The summed E-state index contributed by atoms with van der Waals surface area (Å²) in [6.45, 7) is 0. The van der Waals surface area contributed by atoms with Crippen LogP contribution < -0.4 is 15.2 Å². The maximum absolute atomic E-state index is 12.7. The van der Waals surface area contributed by atoms with Gasteiger partial charge in [0.1, 0.15) is 22.8 Å². The van der Waals surface area contributed by atoms with Gasteiger partial charge in [-0.2, -0.15) is 0 Å². The number of hydrogen-bond acceptors (Lipinski definition) is 6. The molecule has 156 valence electrons. The predicted molar refractivity (Wildman–Crippen MR) is 115 cm³/mol. The molecule has 1 N–H and O–H groups in total. The topological polar surface area (TPSA) is 115 Å². The quantitative estimate of drug-likeness (QED) is 0.253. The van der Waals surface area contributed by atoms with Crippen LogP contribution in [0.5, 0.6) is 5.75 Å². The maximum Gasteiger partial charge on any atom is 0.282 e. The highest BCUT2D eigenvalue weighted by atomic mass is 79.9. The second-order valence-electron chi connectivity index (χ2n) is 6.46. The zero-order valence-corrected chi connectivity index (χ0v) is 17.6. The van der Waals surface area contributed by atoms with Gasteiger partial charge in [-0.15, -0.1) is 0 Å². The summed E-state index contributed by atoms with van der Waals surface area (Å²) in [7, 11) is 1.40. The van der Waals surface area contributed by atoms with E-state index in [1.807, 2.05) is 0 Å². The standard InChI is InChI=1S/C21H14BrN3O6/c1-30-19-10-14(25(28)29)5-7-16(19)18-8-6-15(31-18)11-17-20(26)23-24(21(17)27)13-4-2-3-12(22)9-13/h2-11H,1H3,(H,23,26). The fraction of sp³-hybridized carbons (Fsp3) is 0.0476. The van der Waals surface area contributed by atoms with E-state index in [1.54, 1.807) is 36.4 Å². The number of halogens is 1. The first kappa shape index (κ1) is 20.4. The Labute approximate surface area is 184 Å².